The Morgan fingerprint density at radius 3 is 3.00 bits per heavy atom. The third-order valence-corrected chi connectivity index (χ3v) is 4.16. The molecule has 0 radical (unpaired) electrons. The van der Waals surface area contributed by atoms with Crippen LogP contribution in [0.4, 0.5) is 0 Å². The minimum Gasteiger partial charge on any atom is -0.345 e. The van der Waals surface area contributed by atoms with Gasteiger partial charge in [-0.15, -0.1) is 0 Å². The van der Waals surface area contributed by atoms with E-state index in [1.807, 2.05) is 19.9 Å². The molecule has 6 nitrogen and oxygen atoms in total. The van der Waals surface area contributed by atoms with Crippen LogP contribution in [-0.4, -0.2) is 33.2 Å². The van der Waals surface area contributed by atoms with E-state index in [1.54, 1.807) is 6.20 Å². The van der Waals surface area contributed by atoms with Crippen LogP contribution < -0.4 is 11.1 Å². The van der Waals surface area contributed by atoms with Crippen LogP contribution in [0.5, 0.6) is 0 Å². The Bertz CT molecular complexity index is 661. The number of H-pyrrole nitrogens is 1. The number of aryl methyl sites for hydroxylation is 1. The Balaban J connectivity index is 1.86. The second-order valence-corrected chi connectivity index (χ2v) is 5.79. The first-order valence-corrected chi connectivity index (χ1v) is 6.87. The summed E-state index contributed by atoms with van der Waals surface area (Å²) in [6, 6.07) is 1.82. The van der Waals surface area contributed by atoms with E-state index in [2.05, 4.69) is 20.5 Å². The number of fused-ring (bicyclic) bond motifs is 1. The molecular weight excluding hydrogens is 254 g/mol. The van der Waals surface area contributed by atoms with E-state index >= 15 is 0 Å². The number of aromatic nitrogens is 3. The summed E-state index contributed by atoms with van der Waals surface area (Å²) in [6.45, 7) is 4.37. The van der Waals surface area contributed by atoms with E-state index in [0.29, 0.717) is 23.7 Å². The van der Waals surface area contributed by atoms with E-state index in [9.17, 15) is 4.79 Å². The molecular formula is C14H19N5O. The van der Waals surface area contributed by atoms with Crippen molar-refractivity contribution < 1.29 is 4.79 Å². The zero-order chi connectivity index (χ0) is 14.3. The summed E-state index contributed by atoms with van der Waals surface area (Å²) in [5.41, 5.74) is 7.58. The molecule has 1 saturated carbocycles. The molecule has 0 aliphatic heterocycles. The molecule has 2 aromatic rings. The van der Waals surface area contributed by atoms with Gasteiger partial charge in [0.15, 0.2) is 5.65 Å². The molecule has 1 unspecified atom stereocenters. The predicted octanol–water partition coefficient (Wildman–Crippen LogP) is 1.12. The van der Waals surface area contributed by atoms with Gasteiger partial charge < -0.3 is 11.1 Å². The van der Waals surface area contributed by atoms with Crippen molar-refractivity contribution >= 4 is 16.9 Å². The second kappa shape index (κ2) is 4.56. The number of aromatic amines is 1. The summed E-state index contributed by atoms with van der Waals surface area (Å²) in [5, 5.41) is 10.9. The Labute approximate surface area is 117 Å². The molecule has 1 atom stereocenters. The van der Waals surface area contributed by atoms with Crippen LogP contribution in [0.3, 0.4) is 0 Å². The first-order chi connectivity index (χ1) is 9.53. The highest BCUT2D eigenvalue weighted by Gasteiger charge is 2.41. The summed E-state index contributed by atoms with van der Waals surface area (Å²) in [5.74, 6) is 0.364. The largest absolute Gasteiger partial charge is 0.345 e. The highest BCUT2D eigenvalue weighted by atomic mass is 16.1. The van der Waals surface area contributed by atoms with Gasteiger partial charge in [-0.25, -0.2) is 4.98 Å². The van der Waals surface area contributed by atoms with Gasteiger partial charge in [-0.2, -0.15) is 5.10 Å². The number of rotatable bonds is 4. The summed E-state index contributed by atoms with van der Waals surface area (Å²) < 4.78 is 0. The topological polar surface area (TPSA) is 96.7 Å². The maximum Gasteiger partial charge on any atom is 0.253 e. The molecule has 3 rings (SSSR count). The van der Waals surface area contributed by atoms with Gasteiger partial charge >= 0.3 is 0 Å². The quantitative estimate of drug-likeness (QED) is 0.777. The molecule has 106 valence electrons. The number of carbonyl (C=O) groups excluding carboxylic acids is 1. The van der Waals surface area contributed by atoms with Gasteiger partial charge in [0.1, 0.15) is 0 Å². The van der Waals surface area contributed by atoms with Crippen molar-refractivity contribution in [1.82, 2.24) is 20.5 Å². The molecule has 0 bridgehead atoms. The molecule has 2 heterocycles. The van der Waals surface area contributed by atoms with E-state index in [1.165, 1.54) is 0 Å². The van der Waals surface area contributed by atoms with Crippen molar-refractivity contribution in [1.29, 1.82) is 0 Å². The van der Waals surface area contributed by atoms with E-state index in [4.69, 9.17) is 5.73 Å². The molecule has 1 fully saturated rings. The summed E-state index contributed by atoms with van der Waals surface area (Å²) in [6.07, 6.45) is 3.82. The zero-order valence-electron chi connectivity index (χ0n) is 11.7. The number of nitrogens with two attached hydrogens (primary N) is 1. The van der Waals surface area contributed by atoms with Crippen LogP contribution >= 0.6 is 0 Å². The van der Waals surface area contributed by atoms with E-state index < -0.39 is 0 Å². The Hall–Kier alpha value is -1.95. The first-order valence-electron chi connectivity index (χ1n) is 6.87. The van der Waals surface area contributed by atoms with Crippen molar-refractivity contribution in [3.63, 3.8) is 0 Å². The van der Waals surface area contributed by atoms with Crippen LogP contribution in [0.25, 0.3) is 11.0 Å². The fourth-order valence-corrected chi connectivity index (χ4v) is 2.52. The van der Waals surface area contributed by atoms with Gasteiger partial charge in [-0.1, -0.05) is 0 Å². The fraction of sp³-hybridized carbons (Fsp3) is 0.500. The third-order valence-electron chi connectivity index (χ3n) is 4.16. The number of nitrogens with one attached hydrogen (secondary N) is 2. The second-order valence-electron chi connectivity index (χ2n) is 5.79. The van der Waals surface area contributed by atoms with Crippen LogP contribution in [0.15, 0.2) is 12.3 Å². The molecule has 1 amide bonds. The maximum atomic E-state index is 12.4. The van der Waals surface area contributed by atoms with Crippen molar-refractivity contribution in [3.05, 3.63) is 23.5 Å². The zero-order valence-corrected chi connectivity index (χ0v) is 11.7. The molecule has 0 aromatic carbocycles. The number of nitrogens with zero attached hydrogens (tertiary/aromatic N) is 2. The number of pyridine rings is 1. The van der Waals surface area contributed by atoms with Gasteiger partial charge in [-0.05, 0) is 38.7 Å². The smallest absolute Gasteiger partial charge is 0.253 e. The lowest BCUT2D eigenvalue weighted by Gasteiger charge is -2.29. The fourth-order valence-electron chi connectivity index (χ4n) is 2.52. The monoisotopic (exact) mass is 273 g/mol. The maximum absolute atomic E-state index is 12.4. The van der Waals surface area contributed by atoms with Crippen molar-refractivity contribution in [2.75, 3.05) is 6.54 Å². The molecule has 6 heteroatoms. The summed E-state index contributed by atoms with van der Waals surface area (Å²) in [7, 11) is 0. The number of amides is 1. The number of hydrogen-bond acceptors (Lipinski definition) is 4. The van der Waals surface area contributed by atoms with Gasteiger partial charge in [-0.3, -0.25) is 9.89 Å². The summed E-state index contributed by atoms with van der Waals surface area (Å²) >= 11 is 0. The minimum absolute atomic E-state index is 0.125. The molecule has 2 aromatic heterocycles. The van der Waals surface area contributed by atoms with Crippen molar-refractivity contribution in [3.8, 4) is 0 Å². The van der Waals surface area contributed by atoms with Gasteiger partial charge in [0, 0.05) is 23.8 Å². The normalized spacial score (nSPS) is 17.9. The van der Waals surface area contributed by atoms with E-state index in [0.717, 1.165) is 23.9 Å². The van der Waals surface area contributed by atoms with E-state index in [-0.39, 0.29) is 11.4 Å². The standard InChI is InChI=1S/C14H19N5O/c1-8-11-5-9(6-16-12(11)19-18-8)13(20)17-14(2,7-15)10-3-4-10/h5-6,10H,3-4,7,15H2,1-2H3,(H,17,20)(H,16,18,19). The number of hydrogen-bond donors (Lipinski definition) is 3. The SMILES string of the molecule is Cc1[nH]nc2ncc(C(=O)NC(C)(CN)C3CC3)cc12. The average molecular weight is 273 g/mol. The molecule has 20 heavy (non-hydrogen) atoms. The lowest BCUT2D eigenvalue weighted by atomic mass is 9.95. The van der Waals surface area contributed by atoms with Crippen molar-refractivity contribution in [2.45, 2.75) is 32.2 Å². The lowest BCUT2D eigenvalue weighted by molar-refractivity contribution is 0.0897. The molecule has 1 aliphatic rings. The highest BCUT2D eigenvalue weighted by Crippen LogP contribution is 2.39. The van der Waals surface area contributed by atoms with Crippen LogP contribution in [0.2, 0.25) is 0 Å². The third kappa shape index (κ3) is 2.16. The predicted molar refractivity (Wildman–Crippen MR) is 76.3 cm³/mol. The summed E-state index contributed by atoms with van der Waals surface area (Å²) in [4.78, 5) is 16.6. The van der Waals surface area contributed by atoms with Crippen LogP contribution in [0, 0.1) is 12.8 Å². The Kier molecular flexibility index (Phi) is 2.97. The Morgan fingerprint density at radius 1 is 1.60 bits per heavy atom. The highest BCUT2D eigenvalue weighted by molar-refractivity contribution is 5.97. The lowest BCUT2D eigenvalue weighted by Crippen LogP contribution is -2.53. The van der Waals surface area contributed by atoms with Gasteiger partial charge in [0.05, 0.1) is 11.1 Å². The van der Waals surface area contributed by atoms with Crippen LogP contribution in [-0.2, 0) is 0 Å². The van der Waals surface area contributed by atoms with Gasteiger partial charge in [0.25, 0.3) is 5.91 Å². The molecule has 4 N–H and O–H groups in total. The Morgan fingerprint density at radius 2 is 2.35 bits per heavy atom. The molecule has 0 saturated heterocycles. The van der Waals surface area contributed by atoms with Crippen LogP contribution in [0.1, 0.15) is 35.8 Å². The number of carbonyl (C=O) groups is 1. The molecule has 0 spiro atoms. The van der Waals surface area contributed by atoms with Crippen molar-refractivity contribution in [2.24, 2.45) is 11.7 Å². The van der Waals surface area contributed by atoms with Gasteiger partial charge in [0.2, 0.25) is 0 Å². The minimum atomic E-state index is -0.322. The molecule has 1 aliphatic carbocycles. The average Bonchev–Trinajstić information content (AvgIpc) is 3.24. The first kappa shape index (κ1) is 13.1.